The molecule has 0 unspecified atom stereocenters. The van der Waals surface area contributed by atoms with Gasteiger partial charge in [-0.05, 0) is 19.9 Å². The van der Waals surface area contributed by atoms with Crippen LogP contribution in [0.1, 0.15) is 24.2 Å². The maximum atomic E-state index is 12.0. The van der Waals surface area contributed by atoms with Gasteiger partial charge in [0.05, 0.1) is 12.2 Å². The van der Waals surface area contributed by atoms with Crippen LogP contribution in [0.5, 0.6) is 0 Å². The number of pyridine rings is 1. The van der Waals surface area contributed by atoms with Crippen molar-refractivity contribution in [1.29, 1.82) is 0 Å². The molecule has 2 N–H and O–H groups in total. The van der Waals surface area contributed by atoms with Crippen molar-refractivity contribution in [2.24, 2.45) is 0 Å². The summed E-state index contributed by atoms with van der Waals surface area (Å²) >= 11 is 0. The summed E-state index contributed by atoms with van der Waals surface area (Å²) in [5.74, 6) is -0.194. The Hall–Kier alpha value is -1.62. The van der Waals surface area contributed by atoms with E-state index in [1.54, 1.807) is 4.90 Å². The normalized spacial score (nSPS) is 10.5. The molecule has 0 saturated heterocycles. The van der Waals surface area contributed by atoms with Gasteiger partial charge in [0.2, 0.25) is 5.56 Å². The van der Waals surface area contributed by atoms with Crippen LogP contribution in [0.3, 0.4) is 0 Å². The molecule has 0 aliphatic heterocycles. The van der Waals surface area contributed by atoms with E-state index >= 15 is 0 Å². The highest BCUT2D eigenvalue weighted by Gasteiger charge is 2.17. The summed E-state index contributed by atoms with van der Waals surface area (Å²) in [6.07, 6.45) is 1.39. The smallest absolute Gasteiger partial charge is 0.255 e. The van der Waals surface area contributed by atoms with Gasteiger partial charge >= 0.3 is 0 Å². The van der Waals surface area contributed by atoms with Gasteiger partial charge in [-0.3, -0.25) is 9.59 Å². The van der Waals surface area contributed by atoms with Gasteiger partial charge in [-0.25, -0.2) is 0 Å². The predicted molar refractivity (Wildman–Crippen MR) is 60.3 cm³/mol. The number of carbonyl (C=O) groups excluding carboxylic acids is 1. The van der Waals surface area contributed by atoms with Crippen molar-refractivity contribution in [3.8, 4) is 0 Å². The molecule has 0 aliphatic carbocycles. The zero-order chi connectivity index (χ0) is 12.1. The zero-order valence-electron chi connectivity index (χ0n) is 9.43. The van der Waals surface area contributed by atoms with Crippen molar-refractivity contribution in [3.05, 3.63) is 34.2 Å². The van der Waals surface area contributed by atoms with Gasteiger partial charge in [-0.15, -0.1) is 0 Å². The van der Waals surface area contributed by atoms with E-state index in [-0.39, 0.29) is 30.7 Å². The van der Waals surface area contributed by atoms with Gasteiger partial charge in [0, 0.05) is 24.8 Å². The van der Waals surface area contributed by atoms with Crippen molar-refractivity contribution >= 4 is 5.91 Å². The summed E-state index contributed by atoms with van der Waals surface area (Å²) in [4.78, 5) is 26.8. The van der Waals surface area contributed by atoms with Crippen molar-refractivity contribution in [2.75, 3.05) is 13.2 Å². The lowest BCUT2D eigenvalue weighted by Gasteiger charge is -2.25. The Morgan fingerprint density at radius 3 is 2.62 bits per heavy atom. The van der Waals surface area contributed by atoms with Crippen LogP contribution in [0.15, 0.2) is 23.1 Å². The Labute approximate surface area is 93.7 Å². The van der Waals surface area contributed by atoms with Crippen LogP contribution < -0.4 is 5.56 Å². The predicted octanol–water partition coefficient (Wildman–Crippen LogP) is 0.218. The molecule has 0 aromatic carbocycles. The summed E-state index contributed by atoms with van der Waals surface area (Å²) in [6.45, 7) is 3.96. The fourth-order valence-electron chi connectivity index (χ4n) is 1.41. The fraction of sp³-hybridized carbons (Fsp3) is 0.455. The number of aliphatic hydroxyl groups is 1. The van der Waals surface area contributed by atoms with Crippen LogP contribution in [-0.4, -0.2) is 40.1 Å². The molecule has 0 atom stereocenters. The highest BCUT2D eigenvalue weighted by atomic mass is 16.3. The van der Waals surface area contributed by atoms with Crippen LogP contribution in [0.25, 0.3) is 0 Å². The van der Waals surface area contributed by atoms with E-state index in [0.29, 0.717) is 5.56 Å². The lowest BCUT2D eigenvalue weighted by atomic mass is 10.2. The minimum Gasteiger partial charge on any atom is -0.395 e. The summed E-state index contributed by atoms with van der Waals surface area (Å²) < 4.78 is 0. The van der Waals surface area contributed by atoms with Crippen molar-refractivity contribution in [3.63, 3.8) is 0 Å². The number of H-pyrrole nitrogens is 1. The maximum Gasteiger partial charge on any atom is 0.255 e. The van der Waals surface area contributed by atoms with Gasteiger partial charge in [-0.2, -0.15) is 0 Å². The fourth-order valence-corrected chi connectivity index (χ4v) is 1.41. The first-order chi connectivity index (χ1) is 7.56. The molecule has 1 amide bonds. The molecule has 16 heavy (non-hydrogen) atoms. The maximum absolute atomic E-state index is 12.0. The number of hydrogen-bond donors (Lipinski definition) is 2. The molecule has 1 aromatic heterocycles. The number of rotatable bonds is 4. The highest BCUT2D eigenvalue weighted by molar-refractivity contribution is 5.94. The minimum absolute atomic E-state index is 0.00609. The number of aromatic amines is 1. The molecule has 5 heteroatoms. The second-order valence-electron chi connectivity index (χ2n) is 3.76. The molecule has 0 fully saturated rings. The van der Waals surface area contributed by atoms with E-state index in [9.17, 15) is 9.59 Å². The Morgan fingerprint density at radius 2 is 2.19 bits per heavy atom. The third-order valence-electron chi connectivity index (χ3n) is 2.26. The Kier molecular flexibility index (Phi) is 4.25. The van der Waals surface area contributed by atoms with Crippen LogP contribution >= 0.6 is 0 Å². The SMILES string of the molecule is CC(C)N(CCO)C(=O)c1ccc(=O)[nH]c1. The molecular formula is C11H16N2O3. The van der Waals surface area contributed by atoms with Crippen LogP contribution in [0.2, 0.25) is 0 Å². The van der Waals surface area contributed by atoms with E-state index in [1.807, 2.05) is 13.8 Å². The lowest BCUT2D eigenvalue weighted by Crippen LogP contribution is -2.39. The van der Waals surface area contributed by atoms with E-state index in [0.717, 1.165) is 0 Å². The van der Waals surface area contributed by atoms with Crippen molar-refractivity contribution in [1.82, 2.24) is 9.88 Å². The molecule has 0 spiro atoms. The van der Waals surface area contributed by atoms with E-state index in [1.165, 1.54) is 18.3 Å². The van der Waals surface area contributed by atoms with E-state index < -0.39 is 0 Å². The number of aliphatic hydroxyl groups excluding tert-OH is 1. The number of hydrogen-bond acceptors (Lipinski definition) is 3. The van der Waals surface area contributed by atoms with E-state index in [2.05, 4.69) is 4.98 Å². The molecule has 1 rings (SSSR count). The van der Waals surface area contributed by atoms with Crippen LogP contribution in [-0.2, 0) is 0 Å². The zero-order valence-corrected chi connectivity index (χ0v) is 9.43. The summed E-state index contributed by atoms with van der Waals surface area (Å²) in [5.41, 5.74) is 0.177. The number of nitrogens with one attached hydrogen (secondary N) is 1. The third kappa shape index (κ3) is 2.93. The second-order valence-corrected chi connectivity index (χ2v) is 3.76. The molecule has 1 aromatic rings. The number of carbonyl (C=O) groups is 1. The average Bonchev–Trinajstić information content (AvgIpc) is 2.25. The van der Waals surface area contributed by atoms with Crippen molar-refractivity contribution < 1.29 is 9.90 Å². The molecule has 1 heterocycles. The lowest BCUT2D eigenvalue weighted by molar-refractivity contribution is 0.0665. The highest BCUT2D eigenvalue weighted by Crippen LogP contribution is 2.05. The van der Waals surface area contributed by atoms with Gasteiger partial charge in [-0.1, -0.05) is 0 Å². The Morgan fingerprint density at radius 1 is 1.50 bits per heavy atom. The molecular weight excluding hydrogens is 208 g/mol. The average molecular weight is 224 g/mol. The molecule has 0 saturated carbocycles. The van der Waals surface area contributed by atoms with Gasteiger partial charge < -0.3 is 15.0 Å². The van der Waals surface area contributed by atoms with Gasteiger partial charge in [0.1, 0.15) is 0 Å². The minimum atomic E-state index is -0.241. The Bertz CT molecular complexity index is 391. The Balaban J connectivity index is 2.90. The molecule has 88 valence electrons. The molecule has 0 radical (unpaired) electrons. The first-order valence-electron chi connectivity index (χ1n) is 5.17. The monoisotopic (exact) mass is 224 g/mol. The molecule has 5 nitrogen and oxygen atoms in total. The first kappa shape index (κ1) is 12.4. The number of aromatic nitrogens is 1. The van der Waals surface area contributed by atoms with Gasteiger partial charge in [0.25, 0.3) is 5.91 Å². The summed E-state index contributed by atoms with van der Waals surface area (Å²) in [6, 6.07) is 2.80. The van der Waals surface area contributed by atoms with Crippen molar-refractivity contribution in [2.45, 2.75) is 19.9 Å². The topological polar surface area (TPSA) is 73.4 Å². The van der Waals surface area contributed by atoms with Gasteiger partial charge in [0.15, 0.2) is 0 Å². The largest absolute Gasteiger partial charge is 0.395 e. The number of amides is 1. The summed E-state index contributed by atoms with van der Waals surface area (Å²) in [7, 11) is 0. The second kappa shape index (κ2) is 5.46. The van der Waals surface area contributed by atoms with E-state index in [4.69, 9.17) is 5.11 Å². The van der Waals surface area contributed by atoms with Crippen LogP contribution in [0.4, 0.5) is 0 Å². The molecule has 0 bridgehead atoms. The third-order valence-corrected chi connectivity index (χ3v) is 2.26. The molecule has 0 aliphatic rings. The standard InChI is InChI=1S/C11H16N2O3/c1-8(2)13(5-6-14)11(16)9-3-4-10(15)12-7-9/h3-4,7-8,14H,5-6H2,1-2H3,(H,12,15). The number of nitrogens with zero attached hydrogens (tertiary/aromatic N) is 1. The summed E-state index contributed by atoms with van der Waals surface area (Å²) in [5, 5.41) is 8.87. The quantitative estimate of drug-likeness (QED) is 0.768. The first-order valence-corrected chi connectivity index (χ1v) is 5.17. The van der Waals surface area contributed by atoms with Crippen LogP contribution in [0, 0.1) is 0 Å².